The van der Waals surface area contributed by atoms with E-state index in [1.807, 2.05) is 0 Å². The number of esters is 1. The van der Waals surface area contributed by atoms with Gasteiger partial charge < -0.3 is 4.74 Å². The molecule has 2 rings (SSSR count). The third kappa shape index (κ3) is 1.84. The predicted octanol–water partition coefficient (Wildman–Crippen LogP) is 2.60. The molecule has 0 N–H and O–H groups in total. The molecule has 4 heteroatoms. The van der Waals surface area contributed by atoms with Gasteiger partial charge in [-0.1, -0.05) is 12.1 Å². The molecule has 1 aromatic carbocycles. The first kappa shape index (κ1) is 10.4. The van der Waals surface area contributed by atoms with Crippen molar-refractivity contribution in [2.45, 2.75) is 18.4 Å². The van der Waals surface area contributed by atoms with Crippen molar-refractivity contribution in [3.8, 4) is 0 Å². The average Bonchev–Trinajstić information content (AvgIpc) is 2.62. The molecule has 1 aromatic rings. The normalized spacial score (nSPS) is 25.3. The molecule has 0 aromatic heterocycles. The summed E-state index contributed by atoms with van der Waals surface area (Å²) in [5.41, 5.74) is -0.00320. The van der Waals surface area contributed by atoms with Crippen molar-refractivity contribution in [2.75, 3.05) is 5.88 Å². The highest BCUT2D eigenvalue weighted by atomic mass is 35.5. The highest BCUT2D eigenvalue weighted by Crippen LogP contribution is 2.37. The standard InChI is InChI=1S/C11H10ClFO2/c12-7-11(6-5-10(14)15-11)8-1-3-9(13)4-2-8/h1-4H,5-7H2/t11-/m1/s1. The summed E-state index contributed by atoms with van der Waals surface area (Å²) in [7, 11) is 0. The maximum Gasteiger partial charge on any atom is 0.306 e. The van der Waals surface area contributed by atoms with Crippen LogP contribution < -0.4 is 0 Å². The van der Waals surface area contributed by atoms with Crippen LogP contribution >= 0.6 is 11.6 Å². The molecule has 0 spiro atoms. The Balaban J connectivity index is 2.34. The average molecular weight is 229 g/mol. The van der Waals surface area contributed by atoms with Gasteiger partial charge in [-0.2, -0.15) is 0 Å². The van der Waals surface area contributed by atoms with E-state index in [0.29, 0.717) is 12.8 Å². The van der Waals surface area contributed by atoms with Gasteiger partial charge >= 0.3 is 5.97 Å². The van der Waals surface area contributed by atoms with Gasteiger partial charge in [0.15, 0.2) is 5.60 Å². The zero-order valence-corrected chi connectivity index (χ0v) is 8.76. The first-order valence-electron chi connectivity index (χ1n) is 4.70. The summed E-state index contributed by atoms with van der Waals surface area (Å²) >= 11 is 5.83. The van der Waals surface area contributed by atoms with Crippen LogP contribution in [-0.2, 0) is 15.1 Å². The third-order valence-corrected chi connectivity index (χ3v) is 3.06. The van der Waals surface area contributed by atoms with Gasteiger partial charge in [0.2, 0.25) is 0 Å². The Morgan fingerprint density at radius 1 is 1.40 bits per heavy atom. The number of ether oxygens (including phenoxy) is 1. The van der Waals surface area contributed by atoms with E-state index in [4.69, 9.17) is 16.3 Å². The van der Waals surface area contributed by atoms with Crippen molar-refractivity contribution in [3.05, 3.63) is 35.6 Å². The van der Waals surface area contributed by atoms with E-state index in [-0.39, 0.29) is 17.7 Å². The van der Waals surface area contributed by atoms with E-state index >= 15 is 0 Å². The molecule has 1 aliphatic heterocycles. The fraction of sp³-hybridized carbons (Fsp3) is 0.364. The molecule has 1 atom stereocenters. The van der Waals surface area contributed by atoms with Gasteiger partial charge in [-0.05, 0) is 17.7 Å². The number of carbonyl (C=O) groups excluding carboxylic acids is 1. The number of hydrogen-bond acceptors (Lipinski definition) is 2. The molecule has 2 nitrogen and oxygen atoms in total. The van der Waals surface area contributed by atoms with Crippen LogP contribution in [0.2, 0.25) is 0 Å². The van der Waals surface area contributed by atoms with E-state index in [1.165, 1.54) is 12.1 Å². The monoisotopic (exact) mass is 228 g/mol. The first-order chi connectivity index (χ1) is 7.16. The lowest BCUT2D eigenvalue weighted by atomic mass is 9.93. The van der Waals surface area contributed by atoms with Crippen molar-refractivity contribution >= 4 is 17.6 Å². The summed E-state index contributed by atoms with van der Waals surface area (Å²) in [6.07, 6.45) is 0.922. The van der Waals surface area contributed by atoms with Gasteiger partial charge in [0.25, 0.3) is 0 Å². The van der Waals surface area contributed by atoms with Gasteiger partial charge in [-0.15, -0.1) is 11.6 Å². The molecule has 15 heavy (non-hydrogen) atoms. The Morgan fingerprint density at radius 3 is 2.53 bits per heavy atom. The molecule has 1 heterocycles. The third-order valence-electron chi connectivity index (χ3n) is 2.63. The van der Waals surface area contributed by atoms with Crippen LogP contribution in [0.4, 0.5) is 4.39 Å². The van der Waals surface area contributed by atoms with E-state index in [9.17, 15) is 9.18 Å². The molecule has 0 amide bonds. The van der Waals surface area contributed by atoms with Crippen molar-refractivity contribution in [3.63, 3.8) is 0 Å². The maximum absolute atomic E-state index is 12.7. The number of carbonyl (C=O) groups is 1. The van der Waals surface area contributed by atoms with Crippen LogP contribution in [0.25, 0.3) is 0 Å². The Hall–Kier alpha value is -1.09. The van der Waals surface area contributed by atoms with Crippen LogP contribution in [0.1, 0.15) is 18.4 Å². The Labute approximate surface area is 92.0 Å². The molecule has 0 saturated carbocycles. The maximum atomic E-state index is 12.7. The second-order valence-corrected chi connectivity index (χ2v) is 3.88. The molecule has 0 unspecified atom stereocenters. The molecule has 1 aliphatic rings. The predicted molar refractivity (Wildman–Crippen MR) is 54.1 cm³/mol. The van der Waals surface area contributed by atoms with Gasteiger partial charge in [0.1, 0.15) is 5.82 Å². The van der Waals surface area contributed by atoms with Gasteiger partial charge in [-0.25, -0.2) is 4.39 Å². The largest absolute Gasteiger partial charge is 0.453 e. The zero-order chi connectivity index (χ0) is 10.9. The summed E-state index contributed by atoms with van der Waals surface area (Å²) in [6, 6.07) is 5.90. The number of rotatable bonds is 2. The second-order valence-electron chi connectivity index (χ2n) is 3.61. The Bertz CT molecular complexity index is 377. The van der Waals surface area contributed by atoms with Crippen molar-refractivity contribution < 1.29 is 13.9 Å². The minimum Gasteiger partial charge on any atom is -0.453 e. The highest BCUT2D eigenvalue weighted by Gasteiger charge is 2.41. The van der Waals surface area contributed by atoms with E-state index in [1.54, 1.807) is 12.1 Å². The second kappa shape index (κ2) is 3.81. The summed E-state index contributed by atoms with van der Waals surface area (Å²) in [6.45, 7) is 0. The number of benzene rings is 1. The fourth-order valence-electron chi connectivity index (χ4n) is 1.75. The Morgan fingerprint density at radius 2 is 2.07 bits per heavy atom. The van der Waals surface area contributed by atoms with Gasteiger partial charge in [0.05, 0.1) is 5.88 Å². The summed E-state index contributed by atoms with van der Waals surface area (Å²) in [4.78, 5) is 11.1. The molecule has 0 radical (unpaired) electrons. The lowest BCUT2D eigenvalue weighted by Gasteiger charge is -2.25. The molecule has 1 fully saturated rings. The van der Waals surface area contributed by atoms with E-state index in [2.05, 4.69) is 0 Å². The minimum absolute atomic E-state index is 0.199. The molecule has 80 valence electrons. The highest BCUT2D eigenvalue weighted by molar-refractivity contribution is 6.18. The summed E-state index contributed by atoms with van der Waals surface area (Å²) in [5.74, 6) is -0.363. The molecule has 1 saturated heterocycles. The van der Waals surface area contributed by atoms with Crippen LogP contribution in [0.15, 0.2) is 24.3 Å². The number of halogens is 2. The van der Waals surface area contributed by atoms with Crippen molar-refractivity contribution in [1.29, 1.82) is 0 Å². The van der Waals surface area contributed by atoms with E-state index < -0.39 is 5.60 Å². The molecular weight excluding hydrogens is 219 g/mol. The van der Waals surface area contributed by atoms with Crippen molar-refractivity contribution in [2.24, 2.45) is 0 Å². The quantitative estimate of drug-likeness (QED) is 0.575. The van der Waals surface area contributed by atoms with Gasteiger partial charge in [-0.3, -0.25) is 4.79 Å². The molecular formula is C11H10ClFO2. The Kier molecular flexibility index (Phi) is 2.65. The topological polar surface area (TPSA) is 26.3 Å². The molecule has 0 bridgehead atoms. The van der Waals surface area contributed by atoms with Crippen LogP contribution in [-0.4, -0.2) is 11.8 Å². The first-order valence-corrected chi connectivity index (χ1v) is 5.24. The smallest absolute Gasteiger partial charge is 0.306 e. The summed E-state index contributed by atoms with van der Waals surface area (Å²) < 4.78 is 18.0. The number of cyclic esters (lactones) is 1. The van der Waals surface area contributed by atoms with Gasteiger partial charge in [0, 0.05) is 12.8 Å². The summed E-state index contributed by atoms with van der Waals surface area (Å²) in [5, 5.41) is 0. The number of alkyl halides is 1. The fourth-order valence-corrected chi connectivity index (χ4v) is 2.09. The number of hydrogen-bond donors (Lipinski definition) is 0. The van der Waals surface area contributed by atoms with E-state index in [0.717, 1.165) is 5.56 Å². The zero-order valence-electron chi connectivity index (χ0n) is 8.00. The van der Waals surface area contributed by atoms with Crippen LogP contribution in [0.3, 0.4) is 0 Å². The lowest BCUT2D eigenvalue weighted by Crippen LogP contribution is -2.27. The SMILES string of the molecule is O=C1CC[C@@](CCl)(c2ccc(F)cc2)O1. The molecule has 0 aliphatic carbocycles. The lowest BCUT2D eigenvalue weighted by molar-refractivity contribution is -0.147. The van der Waals surface area contributed by atoms with Crippen molar-refractivity contribution in [1.82, 2.24) is 0 Å². The minimum atomic E-state index is -0.758. The van der Waals surface area contributed by atoms with Crippen LogP contribution in [0, 0.1) is 5.82 Å². The van der Waals surface area contributed by atoms with Crippen LogP contribution in [0.5, 0.6) is 0 Å².